The average Bonchev–Trinajstić information content (AvgIpc) is 2.84. The Balaban J connectivity index is 2.10. The summed E-state index contributed by atoms with van der Waals surface area (Å²) in [6.07, 6.45) is 1.66. The predicted octanol–water partition coefficient (Wildman–Crippen LogP) is 3.55. The highest BCUT2D eigenvalue weighted by Gasteiger charge is 2.08. The van der Waals surface area contributed by atoms with Crippen LogP contribution < -0.4 is 5.43 Å². The van der Waals surface area contributed by atoms with E-state index in [0.717, 1.165) is 5.56 Å². The molecule has 18 heavy (non-hydrogen) atoms. The molecule has 92 valence electrons. The smallest absolute Gasteiger partial charge is 0.337 e. The lowest BCUT2D eigenvalue weighted by atomic mass is 10.2. The van der Waals surface area contributed by atoms with E-state index in [1.54, 1.807) is 23.6 Å². The van der Waals surface area contributed by atoms with Crippen LogP contribution in [0.2, 0.25) is 5.02 Å². The van der Waals surface area contributed by atoms with Crippen LogP contribution in [0.3, 0.4) is 0 Å². The van der Waals surface area contributed by atoms with Crippen molar-refractivity contribution in [3.05, 3.63) is 51.2 Å². The minimum atomic E-state index is -1.06. The molecule has 0 aliphatic heterocycles. The fourth-order valence-corrected chi connectivity index (χ4v) is 2.10. The molecule has 1 aromatic carbocycles. The van der Waals surface area contributed by atoms with Crippen LogP contribution in [0.4, 0.5) is 5.69 Å². The lowest BCUT2D eigenvalue weighted by Crippen LogP contribution is -1.99. The maximum atomic E-state index is 10.9. The van der Waals surface area contributed by atoms with Crippen molar-refractivity contribution >= 4 is 40.8 Å². The monoisotopic (exact) mass is 280 g/mol. The maximum absolute atomic E-state index is 10.9. The first kappa shape index (κ1) is 12.6. The maximum Gasteiger partial charge on any atom is 0.337 e. The van der Waals surface area contributed by atoms with Gasteiger partial charge in [-0.3, -0.25) is 5.43 Å². The molecule has 2 rings (SSSR count). The number of rotatable bonds is 4. The molecule has 0 bridgehead atoms. The second kappa shape index (κ2) is 5.66. The largest absolute Gasteiger partial charge is 0.478 e. The van der Waals surface area contributed by atoms with E-state index in [1.165, 1.54) is 12.1 Å². The Morgan fingerprint density at radius 1 is 1.44 bits per heavy atom. The van der Waals surface area contributed by atoms with E-state index in [9.17, 15) is 4.79 Å². The van der Waals surface area contributed by atoms with Crippen molar-refractivity contribution < 1.29 is 9.90 Å². The summed E-state index contributed by atoms with van der Waals surface area (Å²) in [5.41, 5.74) is 4.36. The number of hydrogen-bond acceptors (Lipinski definition) is 4. The molecule has 0 atom stereocenters. The summed E-state index contributed by atoms with van der Waals surface area (Å²) in [5, 5.41) is 17.0. The van der Waals surface area contributed by atoms with Crippen LogP contribution in [0.15, 0.2) is 40.1 Å². The molecule has 0 saturated heterocycles. The Morgan fingerprint density at radius 2 is 2.28 bits per heavy atom. The SMILES string of the molecule is O=C(O)c1cc(N/N=C\c2ccsc2)ccc1Cl. The Morgan fingerprint density at radius 3 is 2.94 bits per heavy atom. The van der Waals surface area contributed by atoms with E-state index >= 15 is 0 Å². The van der Waals surface area contributed by atoms with Gasteiger partial charge in [0.1, 0.15) is 0 Å². The van der Waals surface area contributed by atoms with Crippen molar-refractivity contribution in [2.24, 2.45) is 5.10 Å². The minimum absolute atomic E-state index is 0.0485. The van der Waals surface area contributed by atoms with E-state index in [-0.39, 0.29) is 10.6 Å². The molecule has 0 radical (unpaired) electrons. The summed E-state index contributed by atoms with van der Waals surface area (Å²) >= 11 is 7.34. The third-order valence-corrected chi connectivity index (χ3v) is 3.18. The third kappa shape index (κ3) is 3.09. The van der Waals surface area contributed by atoms with Crippen LogP contribution in [0.1, 0.15) is 15.9 Å². The van der Waals surface area contributed by atoms with Crippen molar-refractivity contribution in [2.75, 3.05) is 5.43 Å². The summed E-state index contributed by atoms with van der Waals surface area (Å²) < 4.78 is 0. The number of carboxylic acid groups (broad SMARTS) is 1. The van der Waals surface area contributed by atoms with Gasteiger partial charge in [-0.2, -0.15) is 16.4 Å². The molecule has 0 fully saturated rings. The summed E-state index contributed by atoms with van der Waals surface area (Å²) in [5.74, 6) is -1.06. The number of carbonyl (C=O) groups is 1. The van der Waals surface area contributed by atoms with Gasteiger partial charge in [-0.15, -0.1) is 0 Å². The molecule has 2 N–H and O–H groups in total. The molecule has 1 heterocycles. The van der Waals surface area contributed by atoms with Gasteiger partial charge in [0, 0.05) is 5.56 Å². The zero-order valence-corrected chi connectivity index (χ0v) is 10.7. The van der Waals surface area contributed by atoms with Gasteiger partial charge in [-0.1, -0.05) is 11.6 Å². The van der Waals surface area contributed by atoms with Crippen molar-refractivity contribution in [1.29, 1.82) is 0 Å². The molecule has 0 amide bonds. The zero-order chi connectivity index (χ0) is 13.0. The summed E-state index contributed by atoms with van der Waals surface area (Å²) in [4.78, 5) is 10.9. The van der Waals surface area contributed by atoms with Gasteiger partial charge in [0.05, 0.1) is 22.5 Å². The molecule has 0 unspecified atom stereocenters. The van der Waals surface area contributed by atoms with Crippen LogP contribution in [0.5, 0.6) is 0 Å². The highest BCUT2D eigenvalue weighted by atomic mass is 35.5. The molecule has 2 aromatic rings. The van der Waals surface area contributed by atoms with Gasteiger partial charge in [0.2, 0.25) is 0 Å². The van der Waals surface area contributed by atoms with Gasteiger partial charge in [-0.25, -0.2) is 4.79 Å². The first-order valence-electron chi connectivity index (χ1n) is 5.01. The predicted molar refractivity (Wildman–Crippen MR) is 73.9 cm³/mol. The van der Waals surface area contributed by atoms with Gasteiger partial charge >= 0.3 is 5.97 Å². The third-order valence-electron chi connectivity index (χ3n) is 2.15. The Kier molecular flexibility index (Phi) is 3.96. The normalized spacial score (nSPS) is 10.7. The molecule has 0 spiro atoms. The van der Waals surface area contributed by atoms with Crippen LogP contribution in [-0.4, -0.2) is 17.3 Å². The second-order valence-electron chi connectivity index (χ2n) is 3.43. The Labute approximate surface area is 113 Å². The second-order valence-corrected chi connectivity index (χ2v) is 4.61. The average molecular weight is 281 g/mol. The number of carboxylic acids is 1. The molecule has 0 saturated carbocycles. The topological polar surface area (TPSA) is 61.7 Å². The number of hydrogen-bond donors (Lipinski definition) is 2. The molecular weight excluding hydrogens is 272 g/mol. The Bertz CT molecular complexity index is 582. The number of anilines is 1. The first-order chi connectivity index (χ1) is 8.66. The standard InChI is InChI=1S/C12H9ClN2O2S/c13-11-2-1-9(5-10(11)12(16)17)15-14-6-8-3-4-18-7-8/h1-7,15H,(H,16,17)/b14-6-. The van der Waals surface area contributed by atoms with Gasteiger partial charge in [0.25, 0.3) is 0 Å². The Hall–Kier alpha value is -1.85. The molecule has 1 aromatic heterocycles. The first-order valence-corrected chi connectivity index (χ1v) is 6.33. The number of benzene rings is 1. The van der Waals surface area contributed by atoms with Crippen LogP contribution in [0, 0.1) is 0 Å². The highest BCUT2D eigenvalue weighted by Crippen LogP contribution is 2.20. The number of halogens is 1. The molecule has 0 aliphatic carbocycles. The van der Waals surface area contributed by atoms with E-state index < -0.39 is 5.97 Å². The van der Waals surface area contributed by atoms with E-state index in [0.29, 0.717) is 5.69 Å². The zero-order valence-electron chi connectivity index (χ0n) is 9.13. The lowest BCUT2D eigenvalue weighted by Gasteiger charge is -2.03. The molecule has 6 heteroatoms. The van der Waals surface area contributed by atoms with E-state index in [2.05, 4.69) is 10.5 Å². The van der Waals surface area contributed by atoms with Crippen LogP contribution in [0.25, 0.3) is 0 Å². The van der Waals surface area contributed by atoms with Crippen molar-refractivity contribution in [1.82, 2.24) is 0 Å². The van der Waals surface area contributed by atoms with Crippen molar-refractivity contribution in [3.8, 4) is 0 Å². The van der Waals surface area contributed by atoms with Crippen LogP contribution in [-0.2, 0) is 0 Å². The van der Waals surface area contributed by atoms with Crippen molar-refractivity contribution in [2.45, 2.75) is 0 Å². The van der Waals surface area contributed by atoms with Gasteiger partial charge < -0.3 is 5.11 Å². The summed E-state index contributed by atoms with van der Waals surface area (Å²) in [6.45, 7) is 0. The van der Waals surface area contributed by atoms with E-state index in [4.69, 9.17) is 16.7 Å². The number of hydrazone groups is 1. The fraction of sp³-hybridized carbons (Fsp3) is 0. The lowest BCUT2D eigenvalue weighted by molar-refractivity contribution is 0.0697. The van der Waals surface area contributed by atoms with E-state index in [1.807, 2.05) is 16.8 Å². The molecule has 4 nitrogen and oxygen atoms in total. The fourth-order valence-electron chi connectivity index (χ4n) is 1.29. The highest BCUT2D eigenvalue weighted by molar-refractivity contribution is 7.08. The number of nitrogens with zero attached hydrogens (tertiary/aromatic N) is 1. The van der Waals surface area contributed by atoms with Gasteiger partial charge in [0.15, 0.2) is 0 Å². The van der Waals surface area contributed by atoms with Crippen molar-refractivity contribution in [3.63, 3.8) is 0 Å². The molecular formula is C12H9ClN2O2S. The van der Waals surface area contributed by atoms with Gasteiger partial charge in [-0.05, 0) is 35.0 Å². The number of aromatic carboxylic acids is 1. The molecule has 0 aliphatic rings. The quantitative estimate of drug-likeness (QED) is 0.665. The number of nitrogens with one attached hydrogen (secondary N) is 1. The summed E-state index contributed by atoms with van der Waals surface area (Å²) in [7, 11) is 0. The van der Waals surface area contributed by atoms with Crippen LogP contribution >= 0.6 is 22.9 Å². The summed E-state index contributed by atoms with van der Waals surface area (Å²) in [6, 6.07) is 6.56. The number of thiophene rings is 1. The minimum Gasteiger partial charge on any atom is -0.478 e.